The van der Waals surface area contributed by atoms with E-state index in [9.17, 15) is 9.59 Å². The molecule has 0 aliphatic heterocycles. The van der Waals surface area contributed by atoms with E-state index in [1.54, 1.807) is 45.0 Å². The minimum absolute atomic E-state index is 0.0450. The number of hydrogen-bond donors (Lipinski definition) is 0. The summed E-state index contributed by atoms with van der Waals surface area (Å²) in [6.45, 7) is 5.26. The summed E-state index contributed by atoms with van der Waals surface area (Å²) in [5.41, 5.74) is 0.550. The van der Waals surface area contributed by atoms with Crippen molar-refractivity contribution < 1.29 is 28.5 Å². The molecule has 1 unspecified atom stereocenters. The first-order chi connectivity index (χ1) is 12.8. The monoisotopic (exact) mass is 372 g/mol. The molecule has 2 aromatic rings. The van der Waals surface area contributed by atoms with E-state index in [1.807, 2.05) is 30.3 Å². The van der Waals surface area contributed by atoms with E-state index in [1.165, 1.54) is 7.11 Å². The average molecular weight is 372 g/mol. The van der Waals surface area contributed by atoms with Crippen molar-refractivity contribution in [2.75, 3.05) is 7.11 Å². The second-order valence-electron chi connectivity index (χ2n) is 6.83. The van der Waals surface area contributed by atoms with Crippen molar-refractivity contribution in [1.82, 2.24) is 0 Å². The number of hydrogen-bond acceptors (Lipinski definition) is 6. The van der Waals surface area contributed by atoms with Gasteiger partial charge in [-0.3, -0.25) is 0 Å². The summed E-state index contributed by atoms with van der Waals surface area (Å²) < 4.78 is 20.9. The number of methoxy groups -OCH3 is 1. The van der Waals surface area contributed by atoms with Crippen LogP contribution in [0.3, 0.4) is 0 Å². The van der Waals surface area contributed by atoms with Crippen molar-refractivity contribution in [2.45, 2.75) is 39.1 Å². The second-order valence-corrected chi connectivity index (χ2v) is 6.83. The molecule has 2 rings (SSSR count). The molecule has 0 fully saturated rings. The summed E-state index contributed by atoms with van der Waals surface area (Å²) >= 11 is 0. The van der Waals surface area contributed by atoms with Gasteiger partial charge in [-0.2, -0.15) is 0 Å². The molecule has 0 saturated carbocycles. The van der Waals surface area contributed by atoms with Gasteiger partial charge < -0.3 is 18.9 Å². The summed E-state index contributed by atoms with van der Waals surface area (Å²) in [6, 6.07) is 15.8. The first kappa shape index (κ1) is 20.3. The smallest absolute Gasteiger partial charge is 0.497 e. The van der Waals surface area contributed by atoms with E-state index >= 15 is 0 Å². The lowest BCUT2D eigenvalue weighted by Gasteiger charge is -2.24. The van der Waals surface area contributed by atoms with Crippen LogP contribution in [0.1, 0.15) is 38.0 Å². The molecular weight excluding hydrogens is 348 g/mol. The molecule has 2 aromatic carbocycles. The molecule has 0 spiro atoms. The van der Waals surface area contributed by atoms with Crippen LogP contribution in [-0.2, 0) is 25.6 Å². The Kier molecular flexibility index (Phi) is 6.82. The van der Waals surface area contributed by atoms with Crippen LogP contribution in [0.25, 0.3) is 0 Å². The second kappa shape index (κ2) is 9.07. The largest absolute Gasteiger partial charge is 0.509 e. The molecule has 0 amide bonds. The summed E-state index contributed by atoms with van der Waals surface area (Å²) in [5.74, 6) is -0.0577. The highest BCUT2D eigenvalue weighted by Crippen LogP contribution is 2.25. The number of esters is 1. The van der Waals surface area contributed by atoms with Crippen LogP contribution in [0.2, 0.25) is 0 Å². The Morgan fingerprint density at radius 2 is 1.59 bits per heavy atom. The third kappa shape index (κ3) is 6.66. The quantitative estimate of drug-likeness (QED) is 0.699. The summed E-state index contributed by atoms with van der Waals surface area (Å²) in [5, 5.41) is 0. The Morgan fingerprint density at radius 3 is 2.15 bits per heavy atom. The molecule has 0 aromatic heterocycles. The minimum Gasteiger partial charge on any atom is -0.497 e. The van der Waals surface area contributed by atoms with E-state index in [-0.39, 0.29) is 6.61 Å². The number of ether oxygens (including phenoxy) is 4. The van der Waals surface area contributed by atoms with Gasteiger partial charge in [-0.1, -0.05) is 42.5 Å². The van der Waals surface area contributed by atoms with Gasteiger partial charge in [0.1, 0.15) is 18.0 Å². The zero-order valence-electron chi connectivity index (χ0n) is 15.9. The zero-order chi connectivity index (χ0) is 19.9. The van der Waals surface area contributed by atoms with E-state index < -0.39 is 23.8 Å². The average Bonchev–Trinajstić information content (AvgIpc) is 2.64. The van der Waals surface area contributed by atoms with Crippen molar-refractivity contribution in [1.29, 1.82) is 0 Å². The van der Waals surface area contributed by atoms with Crippen molar-refractivity contribution >= 4 is 12.1 Å². The van der Waals surface area contributed by atoms with Gasteiger partial charge in [-0.25, -0.2) is 9.59 Å². The zero-order valence-corrected chi connectivity index (χ0v) is 15.9. The fourth-order valence-electron chi connectivity index (χ4n) is 2.23. The molecule has 0 bridgehead atoms. The Balaban J connectivity index is 2.10. The summed E-state index contributed by atoms with van der Waals surface area (Å²) in [4.78, 5) is 24.7. The molecule has 0 heterocycles. The maximum Gasteiger partial charge on any atom is 0.509 e. The number of carbonyl (C=O) groups is 2. The first-order valence-corrected chi connectivity index (χ1v) is 8.52. The van der Waals surface area contributed by atoms with Crippen molar-refractivity contribution in [3.63, 3.8) is 0 Å². The molecule has 6 nitrogen and oxygen atoms in total. The molecule has 27 heavy (non-hydrogen) atoms. The third-order valence-corrected chi connectivity index (χ3v) is 3.45. The molecule has 0 aliphatic carbocycles. The molecule has 0 N–H and O–H groups in total. The Labute approximate surface area is 159 Å². The highest BCUT2D eigenvalue weighted by molar-refractivity contribution is 5.79. The topological polar surface area (TPSA) is 71.1 Å². The van der Waals surface area contributed by atoms with E-state index in [2.05, 4.69) is 0 Å². The molecule has 1 atom stereocenters. The molecule has 6 heteroatoms. The maximum atomic E-state index is 12.5. The molecular formula is C21H24O6. The maximum absolute atomic E-state index is 12.5. The van der Waals surface area contributed by atoms with Gasteiger partial charge in [0.2, 0.25) is 6.10 Å². The summed E-state index contributed by atoms with van der Waals surface area (Å²) in [6.07, 6.45) is -2.19. The van der Waals surface area contributed by atoms with Crippen LogP contribution in [0.5, 0.6) is 5.75 Å². The van der Waals surface area contributed by atoms with Crippen LogP contribution < -0.4 is 4.74 Å². The van der Waals surface area contributed by atoms with E-state index in [0.29, 0.717) is 11.3 Å². The molecule has 144 valence electrons. The van der Waals surface area contributed by atoms with Crippen LogP contribution in [0.4, 0.5) is 4.79 Å². The van der Waals surface area contributed by atoms with E-state index in [0.717, 1.165) is 5.56 Å². The highest BCUT2D eigenvalue weighted by Gasteiger charge is 2.30. The van der Waals surface area contributed by atoms with Crippen LogP contribution in [0.15, 0.2) is 54.6 Å². The fraction of sp³-hybridized carbons (Fsp3) is 0.333. The lowest BCUT2D eigenvalue weighted by Crippen LogP contribution is -2.30. The molecule has 0 radical (unpaired) electrons. The predicted molar refractivity (Wildman–Crippen MR) is 99.3 cm³/mol. The van der Waals surface area contributed by atoms with Crippen molar-refractivity contribution in [3.8, 4) is 5.75 Å². The Hall–Kier alpha value is -3.02. The molecule has 0 saturated heterocycles. The first-order valence-electron chi connectivity index (χ1n) is 8.52. The molecule has 0 aliphatic rings. The normalized spacial score (nSPS) is 12.0. The Bertz CT molecular complexity index is 746. The van der Waals surface area contributed by atoms with Gasteiger partial charge in [0.05, 0.1) is 7.11 Å². The van der Waals surface area contributed by atoms with Gasteiger partial charge >= 0.3 is 12.1 Å². The minimum atomic E-state index is -1.24. The van der Waals surface area contributed by atoms with Gasteiger partial charge in [0, 0.05) is 5.56 Å². The van der Waals surface area contributed by atoms with E-state index in [4.69, 9.17) is 18.9 Å². The lowest BCUT2D eigenvalue weighted by molar-refractivity contribution is -0.167. The number of rotatable bonds is 6. The Morgan fingerprint density at radius 1 is 0.963 bits per heavy atom. The van der Waals surface area contributed by atoms with Crippen molar-refractivity contribution in [3.05, 3.63) is 65.7 Å². The van der Waals surface area contributed by atoms with Crippen LogP contribution in [0, 0.1) is 0 Å². The fourth-order valence-corrected chi connectivity index (χ4v) is 2.23. The van der Waals surface area contributed by atoms with Crippen LogP contribution in [-0.4, -0.2) is 24.8 Å². The predicted octanol–water partition coefficient (Wildman–Crippen LogP) is 4.43. The van der Waals surface area contributed by atoms with Gasteiger partial charge in [-0.05, 0) is 38.5 Å². The number of carbonyl (C=O) groups excluding carboxylic acids is 2. The van der Waals surface area contributed by atoms with Crippen LogP contribution >= 0.6 is 0 Å². The SMILES string of the molecule is COc1ccc(C(OC(=O)OCc2ccccc2)C(=O)OC(C)(C)C)cc1. The van der Waals surface area contributed by atoms with Gasteiger partial charge in [0.15, 0.2) is 0 Å². The standard InChI is InChI=1S/C21H24O6/c1-21(2,3)27-19(22)18(16-10-12-17(24-4)13-11-16)26-20(23)25-14-15-8-6-5-7-9-15/h5-13,18H,14H2,1-4H3. The summed E-state index contributed by atoms with van der Waals surface area (Å²) in [7, 11) is 1.54. The van der Waals surface area contributed by atoms with Crippen molar-refractivity contribution in [2.24, 2.45) is 0 Å². The van der Waals surface area contributed by atoms with Gasteiger partial charge in [-0.15, -0.1) is 0 Å². The van der Waals surface area contributed by atoms with Gasteiger partial charge in [0.25, 0.3) is 0 Å². The lowest BCUT2D eigenvalue weighted by atomic mass is 10.1. The number of benzene rings is 2. The third-order valence-electron chi connectivity index (χ3n) is 3.45. The highest BCUT2D eigenvalue weighted by atomic mass is 16.7.